The summed E-state index contributed by atoms with van der Waals surface area (Å²) in [4.78, 5) is 14.3. The Kier molecular flexibility index (Phi) is 6.57. The Morgan fingerprint density at radius 2 is 2.13 bits per heavy atom. The molecule has 0 radical (unpaired) electrons. The van der Waals surface area contributed by atoms with Crippen LogP contribution in [0.4, 0.5) is 0 Å². The van der Waals surface area contributed by atoms with Crippen LogP contribution in [0.5, 0.6) is 0 Å². The predicted octanol–water partition coefficient (Wildman–Crippen LogP) is 1.54. The summed E-state index contributed by atoms with van der Waals surface area (Å²) in [6, 6.07) is 7.97. The molecule has 1 atom stereocenters. The number of likely N-dealkylation sites (tertiary alicyclic amines) is 1. The van der Waals surface area contributed by atoms with E-state index in [1.807, 2.05) is 24.3 Å². The molecular formula is C18H28N2O3. The van der Waals surface area contributed by atoms with Gasteiger partial charge in [-0.2, -0.15) is 0 Å². The highest BCUT2D eigenvalue weighted by Gasteiger charge is 2.30. The van der Waals surface area contributed by atoms with E-state index in [2.05, 4.69) is 17.1 Å². The molecule has 23 heavy (non-hydrogen) atoms. The first-order valence-electron chi connectivity index (χ1n) is 8.22. The van der Waals surface area contributed by atoms with Crippen molar-refractivity contribution in [3.05, 3.63) is 35.4 Å². The smallest absolute Gasteiger partial charge is 0.234 e. The number of methoxy groups -OCH3 is 1. The molecule has 5 nitrogen and oxygen atoms in total. The van der Waals surface area contributed by atoms with Crippen LogP contribution in [0.1, 0.15) is 30.9 Å². The van der Waals surface area contributed by atoms with Gasteiger partial charge in [0, 0.05) is 32.2 Å². The average molecular weight is 320 g/mol. The Labute approximate surface area is 138 Å². The van der Waals surface area contributed by atoms with Crippen LogP contribution in [-0.2, 0) is 22.7 Å². The number of benzene rings is 1. The fourth-order valence-electron chi connectivity index (χ4n) is 3.17. The highest BCUT2D eigenvalue weighted by atomic mass is 16.5. The summed E-state index contributed by atoms with van der Waals surface area (Å²) in [7, 11) is 1.67. The third-order valence-electron chi connectivity index (χ3n) is 4.50. The van der Waals surface area contributed by atoms with Crippen molar-refractivity contribution in [1.29, 1.82) is 0 Å². The lowest BCUT2D eigenvalue weighted by atomic mass is 9.83. The molecule has 1 aromatic rings. The second-order valence-corrected chi connectivity index (χ2v) is 6.76. The first-order valence-corrected chi connectivity index (χ1v) is 8.22. The molecule has 5 heteroatoms. The zero-order valence-electron chi connectivity index (χ0n) is 14.2. The number of aliphatic hydroxyl groups is 1. The summed E-state index contributed by atoms with van der Waals surface area (Å²) < 4.78 is 5.19. The lowest BCUT2D eigenvalue weighted by Gasteiger charge is -2.38. The van der Waals surface area contributed by atoms with Crippen LogP contribution < -0.4 is 5.32 Å². The molecule has 1 saturated heterocycles. The maximum atomic E-state index is 12.2. The van der Waals surface area contributed by atoms with Crippen molar-refractivity contribution < 1.29 is 14.6 Å². The van der Waals surface area contributed by atoms with Crippen LogP contribution in [0, 0.1) is 5.41 Å². The van der Waals surface area contributed by atoms with Gasteiger partial charge in [0.2, 0.25) is 5.91 Å². The van der Waals surface area contributed by atoms with Crippen LogP contribution in [0.15, 0.2) is 24.3 Å². The first kappa shape index (κ1) is 17.9. The number of nitrogens with zero attached hydrogens (tertiary/aromatic N) is 1. The monoisotopic (exact) mass is 320 g/mol. The second kappa shape index (κ2) is 8.43. The molecule has 1 aliphatic heterocycles. The SMILES string of the molecule is COCc1ccccc1CNC(=O)CN1CCCC(C)(CO)C1. The van der Waals surface area contributed by atoms with Crippen molar-refractivity contribution in [3.63, 3.8) is 0 Å². The fourth-order valence-corrected chi connectivity index (χ4v) is 3.17. The molecule has 1 unspecified atom stereocenters. The molecule has 0 aliphatic carbocycles. The molecule has 0 aromatic heterocycles. The van der Waals surface area contributed by atoms with E-state index in [-0.39, 0.29) is 17.9 Å². The molecule has 0 saturated carbocycles. The summed E-state index contributed by atoms with van der Waals surface area (Å²) in [5.41, 5.74) is 2.10. The molecule has 0 spiro atoms. The lowest BCUT2D eigenvalue weighted by molar-refractivity contribution is -0.123. The number of nitrogens with one attached hydrogen (secondary N) is 1. The Morgan fingerprint density at radius 1 is 1.39 bits per heavy atom. The maximum absolute atomic E-state index is 12.2. The van der Waals surface area contributed by atoms with Crippen molar-refractivity contribution in [3.8, 4) is 0 Å². The minimum atomic E-state index is -0.0798. The topological polar surface area (TPSA) is 61.8 Å². The molecule has 1 aromatic carbocycles. The number of carbonyl (C=O) groups is 1. The number of hydrogen-bond acceptors (Lipinski definition) is 4. The third-order valence-corrected chi connectivity index (χ3v) is 4.50. The van der Waals surface area contributed by atoms with Crippen LogP contribution in [0.25, 0.3) is 0 Å². The molecule has 2 N–H and O–H groups in total. The number of aliphatic hydroxyl groups excluding tert-OH is 1. The summed E-state index contributed by atoms with van der Waals surface area (Å²) in [5.74, 6) is 0.0272. The van der Waals surface area contributed by atoms with Crippen molar-refractivity contribution >= 4 is 5.91 Å². The van der Waals surface area contributed by atoms with E-state index in [0.717, 1.165) is 37.1 Å². The highest BCUT2D eigenvalue weighted by molar-refractivity contribution is 5.78. The van der Waals surface area contributed by atoms with E-state index in [0.29, 0.717) is 19.7 Å². The van der Waals surface area contributed by atoms with E-state index in [1.54, 1.807) is 7.11 Å². The van der Waals surface area contributed by atoms with Crippen molar-refractivity contribution in [2.45, 2.75) is 32.9 Å². The molecule has 1 aliphatic rings. The summed E-state index contributed by atoms with van der Waals surface area (Å²) in [6.07, 6.45) is 2.05. The number of amides is 1. The molecular weight excluding hydrogens is 292 g/mol. The molecule has 1 fully saturated rings. The lowest BCUT2D eigenvalue weighted by Crippen LogP contribution is -2.47. The first-order chi connectivity index (χ1) is 11.1. The highest BCUT2D eigenvalue weighted by Crippen LogP contribution is 2.28. The summed E-state index contributed by atoms with van der Waals surface area (Å²) in [6.45, 7) is 5.41. The molecule has 1 heterocycles. The number of piperidine rings is 1. The van der Waals surface area contributed by atoms with Crippen molar-refractivity contribution in [2.75, 3.05) is 33.4 Å². The van der Waals surface area contributed by atoms with Crippen molar-refractivity contribution in [1.82, 2.24) is 10.2 Å². The van der Waals surface area contributed by atoms with Gasteiger partial charge in [0.05, 0.1) is 13.2 Å². The van der Waals surface area contributed by atoms with Crippen molar-refractivity contribution in [2.24, 2.45) is 5.41 Å². The van der Waals surface area contributed by atoms with E-state index in [4.69, 9.17) is 4.74 Å². The number of ether oxygens (including phenoxy) is 1. The van der Waals surface area contributed by atoms with Gasteiger partial charge < -0.3 is 15.2 Å². The quantitative estimate of drug-likeness (QED) is 0.800. The van der Waals surface area contributed by atoms with Gasteiger partial charge in [-0.05, 0) is 30.5 Å². The Bertz CT molecular complexity index is 521. The van der Waals surface area contributed by atoms with Gasteiger partial charge in [-0.15, -0.1) is 0 Å². The summed E-state index contributed by atoms with van der Waals surface area (Å²) in [5, 5.41) is 12.5. The minimum absolute atomic E-state index is 0.0272. The van der Waals surface area contributed by atoms with Gasteiger partial charge in [0.15, 0.2) is 0 Å². The number of hydrogen-bond donors (Lipinski definition) is 2. The van der Waals surface area contributed by atoms with Crippen LogP contribution in [0.2, 0.25) is 0 Å². The van der Waals surface area contributed by atoms with E-state index in [1.165, 1.54) is 0 Å². The molecule has 0 bridgehead atoms. The zero-order chi connectivity index (χ0) is 16.7. The molecule has 1 amide bonds. The largest absolute Gasteiger partial charge is 0.396 e. The van der Waals surface area contributed by atoms with E-state index in [9.17, 15) is 9.90 Å². The fraction of sp³-hybridized carbons (Fsp3) is 0.611. The standard InChI is InChI=1S/C18H28N2O3/c1-18(14-21)8-5-9-20(13-18)11-17(22)19-10-15-6-3-4-7-16(15)12-23-2/h3-4,6-7,21H,5,8-14H2,1-2H3,(H,19,22). The van der Waals surface area contributed by atoms with Gasteiger partial charge in [-0.25, -0.2) is 0 Å². The maximum Gasteiger partial charge on any atom is 0.234 e. The Balaban J connectivity index is 1.83. The Hall–Kier alpha value is -1.43. The van der Waals surface area contributed by atoms with Gasteiger partial charge in [-0.1, -0.05) is 31.2 Å². The molecule has 128 valence electrons. The van der Waals surface area contributed by atoms with Gasteiger partial charge in [0.1, 0.15) is 0 Å². The Morgan fingerprint density at radius 3 is 2.83 bits per heavy atom. The second-order valence-electron chi connectivity index (χ2n) is 6.76. The van der Waals surface area contributed by atoms with Gasteiger partial charge in [-0.3, -0.25) is 9.69 Å². The summed E-state index contributed by atoms with van der Waals surface area (Å²) >= 11 is 0. The van der Waals surface area contributed by atoms with Gasteiger partial charge >= 0.3 is 0 Å². The van der Waals surface area contributed by atoms with Crippen LogP contribution in [0.3, 0.4) is 0 Å². The van der Waals surface area contributed by atoms with E-state index >= 15 is 0 Å². The number of carbonyl (C=O) groups excluding carboxylic acids is 1. The third kappa shape index (κ3) is 5.30. The van der Waals surface area contributed by atoms with Gasteiger partial charge in [0.25, 0.3) is 0 Å². The average Bonchev–Trinajstić information content (AvgIpc) is 2.54. The predicted molar refractivity (Wildman–Crippen MR) is 89.9 cm³/mol. The van der Waals surface area contributed by atoms with E-state index < -0.39 is 0 Å². The normalized spacial score (nSPS) is 22.0. The zero-order valence-corrected chi connectivity index (χ0v) is 14.2. The number of rotatable bonds is 7. The van der Waals surface area contributed by atoms with Crippen LogP contribution >= 0.6 is 0 Å². The molecule has 2 rings (SSSR count). The van der Waals surface area contributed by atoms with Crippen LogP contribution in [-0.4, -0.2) is 49.3 Å². The minimum Gasteiger partial charge on any atom is -0.396 e.